The molecule has 0 unspecified atom stereocenters. The summed E-state index contributed by atoms with van der Waals surface area (Å²) in [7, 11) is 3.28. The van der Waals surface area contributed by atoms with E-state index in [4.69, 9.17) is 0 Å². The Labute approximate surface area is 106 Å². The van der Waals surface area contributed by atoms with Crippen LogP contribution in [0.5, 0.6) is 0 Å². The molecule has 0 atom stereocenters. The number of thioether (sulfide) groups is 1. The molecular weight excluding hydrogens is 258 g/mol. The van der Waals surface area contributed by atoms with Crippen LogP contribution in [0, 0.1) is 4.91 Å². The van der Waals surface area contributed by atoms with Crippen molar-refractivity contribution in [3.05, 3.63) is 56.1 Å². The first-order valence-electron chi connectivity index (χ1n) is 4.58. The fourth-order valence-corrected chi connectivity index (χ4v) is 5.14. The highest BCUT2D eigenvalue weighted by atomic mass is 33.1. The third-order valence-electron chi connectivity index (χ3n) is 2.08. The molecule has 5 heteroatoms. The Kier molecular flexibility index (Phi) is 4.15. The molecule has 0 fully saturated rings. The monoisotopic (exact) mass is 267 g/mol. The summed E-state index contributed by atoms with van der Waals surface area (Å²) in [5.74, 6) is 0. The molecule has 0 aromatic heterocycles. The van der Waals surface area contributed by atoms with Gasteiger partial charge in [0.15, 0.2) is 0 Å². The molecule has 1 aliphatic rings. The van der Waals surface area contributed by atoms with Crippen LogP contribution in [0.25, 0.3) is 5.57 Å². The molecule has 1 aromatic rings. The van der Waals surface area contributed by atoms with E-state index in [0.717, 1.165) is 16.0 Å². The van der Waals surface area contributed by atoms with Gasteiger partial charge in [0.2, 0.25) is 0 Å². The molecule has 82 valence electrons. The number of nitrogens with zero attached hydrogens (tertiary/aromatic N) is 1. The molecule has 0 bridgehead atoms. The first kappa shape index (κ1) is 11.8. The summed E-state index contributed by atoms with van der Waals surface area (Å²) in [4.78, 5) is 11.3. The Morgan fingerprint density at radius 2 is 2.00 bits per heavy atom. The molecule has 0 aliphatic carbocycles. The fraction of sp³-hybridized carbons (Fsp3) is 0.0909. The molecule has 1 heterocycles. The molecule has 0 saturated carbocycles. The van der Waals surface area contributed by atoms with Gasteiger partial charge in [-0.2, -0.15) is 0 Å². The maximum atomic E-state index is 10.4. The largest absolute Gasteiger partial charge is 0.145 e. The zero-order chi connectivity index (χ0) is 11.4. The van der Waals surface area contributed by atoms with Crippen LogP contribution in [-0.4, -0.2) is 6.26 Å². The summed E-state index contributed by atoms with van der Waals surface area (Å²) in [5.41, 5.74) is 2.27. The van der Waals surface area contributed by atoms with Crippen molar-refractivity contribution in [1.82, 2.24) is 0 Å². The van der Waals surface area contributed by atoms with E-state index in [9.17, 15) is 4.91 Å². The summed E-state index contributed by atoms with van der Waals surface area (Å²) >= 11 is 1.70. The molecular formula is C11H9NOS3. The van der Waals surface area contributed by atoms with Crippen LogP contribution in [-0.2, 0) is 0 Å². The second kappa shape index (κ2) is 5.61. The first-order valence-corrected chi connectivity index (χ1v) is 7.95. The van der Waals surface area contributed by atoms with Crippen LogP contribution < -0.4 is 0 Å². The topological polar surface area (TPSA) is 29.4 Å². The second-order valence-electron chi connectivity index (χ2n) is 3.00. The lowest BCUT2D eigenvalue weighted by Crippen LogP contribution is -1.83. The van der Waals surface area contributed by atoms with E-state index in [0.29, 0.717) is 0 Å². The molecule has 2 nitrogen and oxygen atoms in total. The van der Waals surface area contributed by atoms with Gasteiger partial charge in [0.05, 0.1) is 10.4 Å². The Morgan fingerprint density at radius 1 is 1.25 bits per heavy atom. The number of benzene rings is 1. The lowest BCUT2D eigenvalue weighted by Gasteiger charge is -2.04. The second-order valence-corrected chi connectivity index (χ2v) is 6.25. The molecule has 1 aromatic carbocycles. The van der Waals surface area contributed by atoms with Crippen molar-refractivity contribution >= 4 is 38.9 Å². The van der Waals surface area contributed by atoms with Crippen LogP contribution >= 0.6 is 33.3 Å². The number of allylic oxidation sites excluding steroid dienone is 1. The predicted octanol–water partition coefficient (Wildman–Crippen LogP) is 4.72. The van der Waals surface area contributed by atoms with Crippen LogP contribution in [0.3, 0.4) is 0 Å². The summed E-state index contributed by atoms with van der Waals surface area (Å²) < 4.78 is 1.23. The third-order valence-corrected chi connectivity index (χ3v) is 5.93. The van der Waals surface area contributed by atoms with Gasteiger partial charge in [-0.15, -0.1) is 16.7 Å². The molecule has 0 amide bonds. The summed E-state index contributed by atoms with van der Waals surface area (Å²) in [6.45, 7) is 0. The summed E-state index contributed by atoms with van der Waals surface area (Å²) in [6, 6.07) is 10.1. The van der Waals surface area contributed by atoms with E-state index in [1.165, 1.54) is 10.4 Å². The molecule has 16 heavy (non-hydrogen) atoms. The number of hydrogen-bond acceptors (Lipinski definition) is 5. The van der Waals surface area contributed by atoms with E-state index < -0.39 is 0 Å². The maximum absolute atomic E-state index is 10.4. The van der Waals surface area contributed by atoms with Gasteiger partial charge in [0.25, 0.3) is 0 Å². The lowest BCUT2D eigenvalue weighted by atomic mass is 10.1. The van der Waals surface area contributed by atoms with Crippen molar-refractivity contribution in [1.29, 1.82) is 0 Å². The summed E-state index contributed by atoms with van der Waals surface area (Å²) in [5, 5.41) is 2.87. The highest BCUT2D eigenvalue weighted by molar-refractivity contribution is 8.82. The Balaban J connectivity index is 2.49. The van der Waals surface area contributed by atoms with Crippen LogP contribution in [0.15, 0.2) is 50.9 Å². The van der Waals surface area contributed by atoms with E-state index >= 15 is 0 Å². The third kappa shape index (κ3) is 2.36. The Morgan fingerprint density at radius 3 is 2.62 bits per heavy atom. The molecule has 1 aliphatic heterocycles. The van der Waals surface area contributed by atoms with Gasteiger partial charge in [-0.1, -0.05) is 30.3 Å². The van der Waals surface area contributed by atoms with Gasteiger partial charge in [-0.3, -0.25) is 0 Å². The number of nitroso groups, excluding NO2 is 1. The van der Waals surface area contributed by atoms with Crippen LogP contribution in [0.1, 0.15) is 5.56 Å². The van der Waals surface area contributed by atoms with Gasteiger partial charge in [0.1, 0.15) is 0 Å². The van der Waals surface area contributed by atoms with Crippen molar-refractivity contribution in [2.75, 3.05) is 6.26 Å². The van der Waals surface area contributed by atoms with Gasteiger partial charge >= 0.3 is 0 Å². The van der Waals surface area contributed by atoms with E-state index in [1.54, 1.807) is 33.3 Å². The van der Waals surface area contributed by atoms with Crippen molar-refractivity contribution in [2.24, 2.45) is 5.18 Å². The average molecular weight is 267 g/mol. The quantitative estimate of drug-likeness (QED) is 0.585. The highest BCUT2D eigenvalue weighted by Crippen LogP contribution is 2.56. The first-order chi connectivity index (χ1) is 7.86. The zero-order valence-electron chi connectivity index (χ0n) is 8.54. The standard InChI is InChI=1S/C11H9NOS3/c1-14-11-10(8-5-3-2-4-6-8)9(7-12-13)15-16-11/h2-7H,1H3/b9-7-. The Hall–Kier alpha value is -0.650. The van der Waals surface area contributed by atoms with Crippen LogP contribution in [0.2, 0.25) is 0 Å². The SMILES string of the molecule is CSC1=C(c2ccccc2)/C(=C/N=O)SS1. The molecule has 0 radical (unpaired) electrons. The van der Waals surface area contributed by atoms with Gasteiger partial charge < -0.3 is 0 Å². The average Bonchev–Trinajstić information content (AvgIpc) is 2.74. The molecule has 0 saturated heterocycles. The van der Waals surface area contributed by atoms with E-state index in [1.807, 2.05) is 24.5 Å². The van der Waals surface area contributed by atoms with Crippen molar-refractivity contribution in [2.45, 2.75) is 0 Å². The fourth-order valence-electron chi connectivity index (χ4n) is 1.40. The molecule has 0 N–H and O–H groups in total. The molecule has 2 rings (SSSR count). The maximum Gasteiger partial charge on any atom is 0.0866 e. The minimum Gasteiger partial charge on any atom is -0.145 e. The minimum absolute atomic E-state index is 0.940. The normalized spacial score (nSPS) is 18.2. The van der Waals surface area contributed by atoms with Gasteiger partial charge in [-0.05, 0) is 38.6 Å². The molecule has 0 spiro atoms. The van der Waals surface area contributed by atoms with Gasteiger partial charge in [-0.25, -0.2) is 0 Å². The van der Waals surface area contributed by atoms with Crippen molar-refractivity contribution in [3.8, 4) is 0 Å². The predicted molar refractivity (Wildman–Crippen MR) is 75.9 cm³/mol. The minimum atomic E-state index is 0.940. The van der Waals surface area contributed by atoms with Crippen LogP contribution in [0.4, 0.5) is 0 Å². The Bertz CT molecular complexity index is 454. The number of rotatable bonds is 3. The van der Waals surface area contributed by atoms with E-state index in [-0.39, 0.29) is 0 Å². The lowest BCUT2D eigenvalue weighted by molar-refractivity contribution is 1.52. The van der Waals surface area contributed by atoms with Gasteiger partial charge in [0, 0.05) is 10.5 Å². The zero-order valence-corrected chi connectivity index (χ0v) is 11.0. The number of hydrogen-bond donors (Lipinski definition) is 0. The van der Waals surface area contributed by atoms with Crippen molar-refractivity contribution in [3.63, 3.8) is 0 Å². The van der Waals surface area contributed by atoms with Crippen molar-refractivity contribution < 1.29 is 0 Å². The summed E-state index contributed by atoms with van der Waals surface area (Å²) in [6.07, 6.45) is 3.44. The van der Waals surface area contributed by atoms with E-state index in [2.05, 4.69) is 17.3 Å². The smallest absolute Gasteiger partial charge is 0.0866 e. The highest BCUT2D eigenvalue weighted by Gasteiger charge is 2.22.